The number of carbonyl (C=O) groups is 4. The van der Waals surface area contributed by atoms with E-state index in [-0.39, 0.29) is 5.56 Å². The van der Waals surface area contributed by atoms with Crippen LogP contribution >= 0.6 is 0 Å². The molecular formula is C25H20N2O5. The maximum atomic E-state index is 12.6. The van der Waals surface area contributed by atoms with Gasteiger partial charge in [-0.25, -0.2) is 9.69 Å². The van der Waals surface area contributed by atoms with Gasteiger partial charge in [0.25, 0.3) is 17.7 Å². The van der Waals surface area contributed by atoms with Crippen LogP contribution in [0.15, 0.2) is 78.9 Å². The van der Waals surface area contributed by atoms with Crippen LogP contribution in [0.4, 0.5) is 5.69 Å². The third kappa shape index (κ3) is 4.13. The summed E-state index contributed by atoms with van der Waals surface area (Å²) >= 11 is 0. The lowest BCUT2D eigenvalue weighted by Crippen LogP contribution is -2.35. The number of benzene rings is 3. The van der Waals surface area contributed by atoms with Gasteiger partial charge in [-0.05, 0) is 48.9 Å². The van der Waals surface area contributed by atoms with Gasteiger partial charge in [0, 0.05) is 6.54 Å². The second-order valence-corrected chi connectivity index (χ2v) is 7.29. The van der Waals surface area contributed by atoms with Crippen LogP contribution in [0, 0.1) is 0 Å². The number of esters is 1. The van der Waals surface area contributed by atoms with Crippen molar-refractivity contribution in [3.63, 3.8) is 0 Å². The Morgan fingerprint density at radius 3 is 2.00 bits per heavy atom. The van der Waals surface area contributed by atoms with Crippen LogP contribution in [-0.2, 0) is 16.1 Å². The van der Waals surface area contributed by atoms with Gasteiger partial charge in [-0.15, -0.1) is 0 Å². The van der Waals surface area contributed by atoms with Crippen molar-refractivity contribution in [3.05, 3.63) is 101 Å². The molecule has 3 amide bonds. The minimum atomic E-state index is -0.984. The van der Waals surface area contributed by atoms with E-state index < -0.39 is 29.8 Å². The lowest BCUT2D eigenvalue weighted by atomic mass is 10.1. The van der Waals surface area contributed by atoms with E-state index in [1.165, 1.54) is 31.2 Å². The highest BCUT2D eigenvalue weighted by molar-refractivity contribution is 6.34. The molecule has 1 N–H and O–H groups in total. The first-order valence-electron chi connectivity index (χ1n) is 10.1. The monoisotopic (exact) mass is 428 g/mol. The molecule has 160 valence electrons. The average Bonchev–Trinajstić information content (AvgIpc) is 3.08. The summed E-state index contributed by atoms with van der Waals surface area (Å²) in [5.74, 6) is -1.92. The maximum Gasteiger partial charge on any atom is 0.338 e. The lowest BCUT2D eigenvalue weighted by Gasteiger charge is -2.15. The third-order valence-corrected chi connectivity index (χ3v) is 5.12. The van der Waals surface area contributed by atoms with Gasteiger partial charge >= 0.3 is 5.97 Å². The summed E-state index contributed by atoms with van der Waals surface area (Å²) in [5.41, 5.74) is 2.17. The number of rotatable bonds is 6. The minimum Gasteiger partial charge on any atom is -0.449 e. The molecule has 1 unspecified atom stereocenters. The van der Waals surface area contributed by atoms with Crippen LogP contribution in [0.1, 0.15) is 43.6 Å². The van der Waals surface area contributed by atoms with Crippen molar-refractivity contribution in [3.8, 4) is 0 Å². The Hall–Kier alpha value is -4.26. The number of imide groups is 1. The minimum absolute atomic E-state index is 0.202. The molecule has 1 atom stereocenters. The van der Waals surface area contributed by atoms with Gasteiger partial charge in [-0.3, -0.25) is 14.4 Å². The third-order valence-electron chi connectivity index (χ3n) is 5.12. The standard InChI is InChI=1S/C25H20N2O5/c1-16(22(28)26-15-17-7-3-2-4-8-17)32-25(31)18-11-13-19(14-12-18)27-23(29)20-9-5-6-10-21(20)24(27)30/h2-14,16H,15H2,1H3,(H,26,28). The molecule has 0 radical (unpaired) electrons. The molecule has 0 aromatic heterocycles. The van der Waals surface area contributed by atoms with Crippen LogP contribution in [0.25, 0.3) is 0 Å². The number of hydrogen-bond donors (Lipinski definition) is 1. The van der Waals surface area contributed by atoms with E-state index in [4.69, 9.17) is 4.74 Å². The Labute approximate surface area is 184 Å². The Kier molecular flexibility index (Phi) is 5.81. The van der Waals surface area contributed by atoms with Crippen molar-refractivity contribution in [2.45, 2.75) is 19.6 Å². The molecular weight excluding hydrogens is 408 g/mol. The first-order valence-corrected chi connectivity index (χ1v) is 10.1. The van der Waals surface area contributed by atoms with Gasteiger partial charge in [0.05, 0.1) is 22.4 Å². The lowest BCUT2D eigenvalue weighted by molar-refractivity contribution is -0.129. The summed E-state index contributed by atoms with van der Waals surface area (Å²) in [6.45, 7) is 1.82. The smallest absolute Gasteiger partial charge is 0.338 e. The molecule has 0 aliphatic carbocycles. The molecule has 3 aromatic carbocycles. The number of carbonyl (C=O) groups excluding carboxylic acids is 4. The molecule has 7 nitrogen and oxygen atoms in total. The van der Waals surface area contributed by atoms with E-state index in [9.17, 15) is 19.2 Å². The van der Waals surface area contributed by atoms with Crippen molar-refractivity contribution in [1.82, 2.24) is 5.32 Å². The summed E-state index contributed by atoms with van der Waals surface area (Å²) in [5, 5.41) is 2.72. The largest absolute Gasteiger partial charge is 0.449 e. The summed E-state index contributed by atoms with van der Waals surface area (Å²) in [4.78, 5) is 50.9. The molecule has 7 heteroatoms. The highest BCUT2D eigenvalue weighted by atomic mass is 16.5. The van der Waals surface area contributed by atoms with Crippen molar-refractivity contribution < 1.29 is 23.9 Å². The zero-order valence-corrected chi connectivity index (χ0v) is 17.3. The van der Waals surface area contributed by atoms with Crippen molar-refractivity contribution >= 4 is 29.4 Å². The van der Waals surface area contributed by atoms with Gasteiger partial charge in [0.1, 0.15) is 0 Å². The predicted molar refractivity (Wildman–Crippen MR) is 117 cm³/mol. The normalized spacial score (nSPS) is 13.5. The molecule has 32 heavy (non-hydrogen) atoms. The Balaban J connectivity index is 1.38. The van der Waals surface area contributed by atoms with Crippen LogP contribution in [0.5, 0.6) is 0 Å². The summed E-state index contributed by atoms with van der Waals surface area (Å²) in [6.07, 6.45) is -0.984. The quantitative estimate of drug-likeness (QED) is 0.480. The van der Waals surface area contributed by atoms with E-state index in [0.29, 0.717) is 23.4 Å². The predicted octanol–water partition coefficient (Wildman–Crippen LogP) is 3.35. The number of nitrogens with zero attached hydrogens (tertiary/aromatic N) is 1. The summed E-state index contributed by atoms with van der Waals surface area (Å²) in [6, 6.07) is 21.9. The van der Waals surface area contributed by atoms with Crippen LogP contribution in [0.3, 0.4) is 0 Å². The molecule has 0 fully saturated rings. The molecule has 3 aromatic rings. The second-order valence-electron chi connectivity index (χ2n) is 7.29. The van der Waals surface area contributed by atoms with Crippen molar-refractivity contribution in [2.24, 2.45) is 0 Å². The Morgan fingerprint density at radius 1 is 0.844 bits per heavy atom. The fourth-order valence-electron chi connectivity index (χ4n) is 3.38. The molecule has 1 aliphatic heterocycles. The van der Waals surface area contributed by atoms with E-state index in [1.54, 1.807) is 24.3 Å². The van der Waals surface area contributed by atoms with Gasteiger partial charge in [-0.1, -0.05) is 42.5 Å². The van der Waals surface area contributed by atoms with E-state index in [2.05, 4.69) is 5.32 Å². The van der Waals surface area contributed by atoms with Gasteiger partial charge in [-0.2, -0.15) is 0 Å². The van der Waals surface area contributed by atoms with E-state index in [1.807, 2.05) is 30.3 Å². The zero-order chi connectivity index (χ0) is 22.7. The SMILES string of the molecule is CC(OC(=O)c1ccc(N2C(=O)c3ccccc3C2=O)cc1)C(=O)NCc1ccccc1. The molecule has 0 saturated carbocycles. The number of anilines is 1. The zero-order valence-electron chi connectivity index (χ0n) is 17.3. The fourth-order valence-corrected chi connectivity index (χ4v) is 3.38. The number of hydrogen-bond acceptors (Lipinski definition) is 5. The van der Waals surface area contributed by atoms with Gasteiger partial charge in [0.2, 0.25) is 0 Å². The fraction of sp³-hybridized carbons (Fsp3) is 0.120. The van der Waals surface area contributed by atoms with Crippen LogP contribution < -0.4 is 10.2 Å². The first kappa shape index (κ1) is 21.0. The number of ether oxygens (including phenoxy) is 1. The van der Waals surface area contributed by atoms with E-state index in [0.717, 1.165) is 10.5 Å². The maximum absolute atomic E-state index is 12.6. The number of fused-ring (bicyclic) bond motifs is 1. The number of nitrogens with one attached hydrogen (secondary N) is 1. The summed E-state index contributed by atoms with van der Waals surface area (Å²) in [7, 11) is 0. The second kappa shape index (κ2) is 8.85. The van der Waals surface area contributed by atoms with Crippen LogP contribution in [-0.4, -0.2) is 29.8 Å². The Bertz CT molecular complexity index is 1150. The number of amides is 3. The topological polar surface area (TPSA) is 92.8 Å². The van der Waals surface area contributed by atoms with E-state index >= 15 is 0 Å². The van der Waals surface area contributed by atoms with Crippen molar-refractivity contribution in [2.75, 3.05) is 4.90 Å². The first-order chi connectivity index (χ1) is 15.5. The Morgan fingerprint density at radius 2 is 1.41 bits per heavy atom. The molecule has 0 saturated heterocycles. The van der Waals surface area contributed by atoms with Crippen LogP contribution in [0.2, 0.25) is 0 Å². The molecule has 4 rings (SSSR count). The molecule has 1 aliphatic rings. The van der Waals surface area contributed by atoms with Crippen molar-refractivity contribution in [1.29, 1.82) is 0 Å². The van der Waals surface area contributed by atoms with Gasteiger partial charge < -0.3 is 10.1 Å². The highest BCUT2D eigenvalue weighted by Gasteiger charge is 2.36. The molecule has 1 heterocycles. The molecule has 0 spiro atoms. The van der Waals surface area contributed by atoms with Gasteiger partial charge in [0.15, 0.2) is 6.10 Å². The summed E-state index contributed by atoms with van der Waals surface area (Å²) < 4.78 is 5.25. The molecule has 0 bridgehead atoms. The highest BCUT2D eigenvalue weighted by Crippen LogP contribution is 2.28. The average molecular weight is 428 g/mol.